The average molecular weight is 313 g/mol. The van der Waals surface area contributed by atoms with Crippen molar-refractivity contribution in [3.63, 3.8) is 0 Å². The van der Waals surface area contributed by atoms with Crippen LogP contribution in [0.4, 0.5) is 11.4 Å². The molecule has 0 saturated carbocycles. The Labute approximate surface area is 124 Å². The molecular formula is C12H10Cl2N4O2. The van der Waals surface area contributed by atoms with Crippen molar-refractivity contribution in [1.29, 1.82) is 0 Å². The summed E-state index contributed by atoms with van der Waals surface area (Å²) in [6.07, 6.45) is 1.20. The Balaban J connectivity index is 2.29. The van der Waals surface area contributed by atoms with Gasteiger partial charge in [-0.05, 0) is 12.1 Å². The highest BCUT2D eigenvalue weighted by molar-refractivity contribution is 6.38. The molecule has 0 saturated heterocycles. The number of nitrogen functional groups attached to an aromatic ring is 1. The van der Waals surface area contributed by atoms with Gasteiger partial charge in [-0.3, -0.25) is 4.79 Å². The van der Waals surface area contributed by atoms with Crippen molar-refractivity contribution in [3.05, 3.63) is 40.4 Å². The largest absolute Gasteiger partial charge is 0.497 e. The van der Waals surface area contributed by atoms with Gasteiger partial charge in [0, 0.05) is 11.8 Å². The zero-order chi connectivity index (χ0) is 14.7. The van der Waals surface area contributed by atoms with Gasteiger partial charge >= 0.3 is 0 Å². The number of aromatic nitrogens is 2. The molecule has 20 heavy (non-hydrogen) atoms. The lowest BCUT2D eigenvalue weighted by molar-refractivity contribution is 0.102. The van der Waals surface area contributed by atoms with Gasteiger partial charge in [0.25, 0.3) is 5.91 Å². The number of carbonyl (C=O) groups excluding carboxylic acids is 1. The number of hydrogen-bond acceptors (Lipinski definition) is 5. The van der Waals surface area contributed by atoms with Gasteiger partial charge in [-0.1, -0.05) is 23.2 Å². The Hall–Kier alpha value is -2.05. The Morgan fingerprint density at radius 1 is 1.30 bits per heavy atom. The minimum absolute atomic E-state index is 0.0467. The molecule has 3 N–H and O–H groups in total. The Morgan fingerprint density at radius 3 is 2.50 bits per heavy atom. The fraction of sp³-hybridized carbons (Fsp3) is 0.0833. The van der Waals surface area contributed by atoms with Gasteiger partial charge < -0.3 is 15.8 Å². The third kappa shape index (κ3) is 2.92. The Bertz CT molecular complexity index is 644. The molecule has 1 aromatic heterocycles. The smallest absolute Gasteiger partial charge is 0.257 e. The van der Waals surface area contributed by atoms with Crippen molar-refractivity contribution < 1.29 is 9.53 Å². The van der Waals surface area contributed by atoms with Crippen LogP contribution in [0, 0.1) is 0 Å². The van der Waals surface area contributed by atoms with Crippen LogP contribution in [0.2, 0.25) is 10.3 Å². The standard InChI is InChI=1S/C12H10Cl2N4O2/c1-20-6-2-3-7(8(15)4-6)12(19)18-9-10(13)16-5-17-11(9)14/h2-5H,15H2,1H3,(H,18,19). The summed E-state index contributed by atoms with van der Waals surface area (Å²) in [5.41, 5.74) is 6.46. The van der Waals surface area contributed by atoms with Gasteiger partial charge in [0.2, 0.25) is 0 Å². The maximum absolute atomic E-state index is 12.1. The number of rotatable bonds is 3. The molecule has 2 rings (SSSR count). The highest BCUT2D eigenvalue weighted by Crippen LogP contribution is 2.27. The molecule has 0 fully saturated rings. The quantitative estimate of drug-likeness (QED) is 0.671. The van der Waals surface area contributed by atoms with E-state index in [4.69, 9.17) is 33.7 Å². The number of nitrogens with zero attached hydrogens (tertiary/aromatic N) is 2. The molecule has 0 radical (unpaired) electrons. The molecule has 0 aliphatic carbocycles. The van der Waals surface area contributed by atoms with Crippen molar-refractivity contribution in [2.45, 2.75) is 0 Å². The molecule has 0 unspecified atom stereocenters. The van der Waals surface area contributed by atoms with Crippen LogP contribution in [0.25, 0.3) is 0 Å². The van der Waals surface area contributed by atoms with Crippen molar-refractivity contribution in [3.8, 4) is 5.75 Å². The molecule has 6 nitrogen and oxygen atoms in total. The van der Waals surface area contributed by atoms with Gasteiger partial charge in [-0.15, -0.1) is 0 Å². The topological polar surface area (TPSA) is 90.1 Å². The first-order chi connectivity index (χ1) is 9.52. The van der Waals surface area contributed by atoms with E-state index >= 15 is 0 Å². The second kappa shape index (κ2) is 5.94. The number of ether oxygens (including phenoxy) is 1. The number of methoxy groups -OCH3 is 1. The Kier molecular flexibility index (Phi) is 4.26. The normalized spacial score (nSPS) is 10.2. The molecule has 0 spiro atoms. The third-order valence-electron chi connectivity index (χ3n) is 2.50. The van der Waals surface area contributed by atoms with E-state index < -0.39 is 5.91 Å². The molecule has 0 atom stereocenters. The van der Waals surface area contributed by atoms with Crippen LogP contribution in [0.3, 0.4) is 0 Å². The molecule has 0 bridgehead atoms. The molecule has 0 aliphatic rings. The van der Waals surface area contributed by atoms with E-state index in [2.05, 4.69) is 15.3 Å². The van der Waals surface area contributed by atoms with Crippen LogP contribution >= 0.6 is 23.2 Å². The lowest BCUT2D eigenvalue weighted by atomic mass is 10.1. The highest BCUT2D eigenvalue weighted by atomic mass is 35.5. The maximum Gasteiger partial charge on any atom is 0.257 e. The number of carbonyl (C=O) groups is 1. The van der Waals surface area contributed by atoms with E-state index in [1.165, 1.54) is 19.5 Å². The summed E-state index contributed by atoms with van der Waals surface area (Å²) in [5, 5.41) is 2.62. The van der Waals surface area contributed by atoms with E-state index in [9.17, 15) is 4.79 Å². The van der Waals surface area contributed by atoms with E-state index in [-0.39, 0.29) is 27.2 Å². The zero-order valence-electron chi connectivity index (χ0n) is 10.4. The van der Waals surface area contributed by atoms with Gasteiger partial charge in [0.1, 0.15) is 17.8 Å². The van der Waals surface area contributed by atoms with Crippen LogP contribution in [-0.4, -0.2) is 23.0 Å². The van der Waals surface area contributed by atoms with E-state index in [1.807, 2.05) is 0 Å². The summed E-state index contributed by atoms with van der Waals surface area (Å²) in [6, 6.07) is 4.70. The predicted octanol–water partition coefficient (Wildman–Crippen LogP) is 2.63. The van der Waals surface area contributed by atoms with Crippen LogP contribution in [0.1, 0.15) is 10.4 Å². The van der Waals surface area contributed by atoms with Crippen LogP contribution in [0.15, 0.2) is 24.5 Å². The zero-order valence-corrected chi connectivity index (χ0v) is 11.9. The minimum Gasteiger partial charge on any atom is -0.497 e. The first kappa shape index (κ1) is 14.4. The van der Waals surface area contributed by atoms with E-state index in [0.29, 0.717) is 5.75 Å². The molecule has 1 heterocycles. The highest BCUT2D eigenvalue weighted by Gasteiger charge is 2.15. The summed E-state index contributed by atoms with van der Waals surface area (Å²) in [4.78, 5) is 19.6. The van der Waals surface area contributed by atoms with Crippen molar-refractivity contribution in [1.82, 2.24) is 9.97 Å². The molecule has 8 heteroatoms. The second-order valence-electron chi connectivity index (χ2n) is 3.74. The van der Waals surface area contributed by atoms with Crippen molar-refractivity contribution >= 4 is 40.5 Å². The van der Waals surface area contributed by atoms with Gasteiger partial charge in [0.05, 0.1) is 12.7 Å². The van der Waals surface area contributed by atoms with Crippen LogP contribution in [0.5, 0.6) is 5.75 Å². The van der Waals surface area contributed by atoms with E-state index in [0.717, 1.165) is 0 Å². The molecule has 2 aromatic rings. The van der Waals surface area contributed by atoms with Crippen molar-refractivity contribution in [2.75, 3.05) is 18.2 Å². The number of anilines is 2. The van der Waals surface area contributed by atoms with E-state index in [1.54, 1.807) is 12.1 Å². The summed E-state index contributed by atoms with van der Waals surface area (Å²) < 4.78 is 5.01. The fourth-order valence-corrected chi connectivity index (χ4v) is 1.91. The summed E-state index contributed by atoms with van der Waals surface area (Å²) >= 11 is 11.7. The van der Waals surface area contributed by atoms with Crippen LogP contribution < -0.4 is 15.8 Å². The maximum atomic E-state index is 12.1. The van der Waals surface area contributed by atoms with Gasteiger partial charge in [0.15, 0.2) is 10.3 Å². The van der Waals surface area contributed by atoms with Crippen molar-refractivity contribution in [2.24, 2.45) is 0 Å². The minimum atomic E-state index is -0.469. The summed E-state index contributed by atoms with van der Waals surface area (Å²) in [7, 11) is 1.51. The summed E-state index contributed by atoms with van der Waals surface area (Å²) in [6.45, 7) is 0. The molecule has 104 valence electrons. The second-order valence-corrected chi connectivity index (χ2v) is 4.45. The summed E-state index contributed by atoms with van der Waals surface area (Å²) in [5.74, 6) is 0.0851. The molecule has 1 aromatic carbocycles. The molecular weight excluding hydrogens is 303 g/mol. The predicted molar refractivity (Wildman–Crippen MR) is 77.4 cm³/mol. The number of hydrogen-bond donors (Lipinski definition) is 2. The lowest BCUT2D eigenvalue weighted by Crippen LogP contribution is -2.15. The third-order valence-corrected chi connectivity index (χ3v) is 3.07. The van der Waals surface area contributed by atoms with Gasteiger partial charge in [-0.25, -0.2) is 9.97 Å². The number of amides is 1. The Morgan fingerprint density at radius 2 is 1.95 bits per heavy atom. The first-order valence-electron chi connectivity index (χ1n) is 5.43. The number of nitrogens with two attached hydrogens (primary N) is 1. The first-order valence-corrected chi connectivity index (χ1v) is 6.19. The number of benzene rings is 1. The average Bonchev–Trinajstić information content (AvgIpc) is 2.42. The SMILES string of the molecule is COc1ccc(C(=O)Nc2c(Cl)ncnc2Cl)c(N)c1. The van der Waals surface area contributed by atoms with Crippen LogP contribution in [-0.2, 0) is 0 Å². The lowest BCUT2D eigenvalue weighted by Gasteiger charge is -2.10. The number of halogens is 2. The van der Waals surface area contributed by atoms with Gasteiger partial charge in [-0.2, -0.15) is 0 Å². The molecule has 0 aliphatic heterocycles. The molecule has 1 amide bonds. The fourth-order valence-electron chi connectivity index (χ4n) is 1.50. The monoisotopic (exact) mass is 312 g/mol. The number of nitrogens with one attached hydrogen (secondary N) is 1.